The lowest BCUT2D eigenvalue weighted by atomic mass is 9.82. The van der Waals surface area contributed by atoms with Crippen LogP contribution in [0.4, 0.5) is 0 Å². The van der Waals surface area contributed by atoms with Crippen LogP contribution in [0.2, 0.25) is 0 Å². The Balaban J connectivity index is 1.97. The van der Waals surface area contributed by atoms with E-state index >= 15 is 0 Å². The molecule has 0 spiro atoms. The molecule has 1 amide bonds. The molecule has 2 rings (SSSR count). The first kappa shape index (κ1) is 12.5. The van der Waals surface area contributed by atoms with Gasteiger partial charge in [0.25, 0.3) is 5.91 Å². The van der Waals surface area contributed by atoms with E-state index < -0.39 is 0 Å². The number of hydrogen-bond acceptors (Lipinski definition) is 4. The Hall–Kier alpha value is -0.940. The van der Waals surface area contributed by atoms with Gasteiger partial charge in [0.1, 0.15) is 4.88 Å². The number of nitrogens with zero attached hydrogens (tertiary/aromatic N) is 2. The van der Waals surface area contributed by atoms with Gasteiger partial charge >= 0.3 is 0 Å². The maximum Gasteiger partial charge on any atom is 0.265 e. The third-order valence-corrected chi connectivity index (χ3v) is 4.25. The van der Waals surface area contributed by atoms with Crippen LogP contribution in [0.15, 0.2) is 0 Å². The molecule has 1 aromatic heterocycles. The molecular formula is C12H18N2O2S. The molecule has 0 atom stereocenters. The summed E-state index contributed by atoms with van der Waals surface area (Å²) in [6.45, 7) is 4.51. The summed E-state index contributed by atoms with van der Waals surface area (Å²) in [4.78, 5) is 18.9. The molecule has 1 N–H and O–H groups in total. The van der Waals surface area contributed by atoms with Crippen molar-refractivity contribution in [2.75, 3.05) is 13.6 Å². The number of thiazole rings is 1. The summed E-state index contributed by atoms with van der Waals surface area (Å²) in [7, 11) is 1.82. The number of aryl methyl sites for hydroxylation is 2. The fourth-order valence-electron chi connectivity index (χ4n) is 2.22. The van der Waals surface area contributed by atoms with Crippen LogP contribution in [-0.4, -0.2) is 40.6 Å². The summed E-state index contributed by atoms with van der Waals surface area (Å²) in [5.74, 6) is 0.503. The van der Waals surface area contributed by atoms with Crippen LogP contribution in [0.3, 0.4) is 0 Å². The summed E-state index contributed by atoms with van der Waals surface area (Å²) >= 11 is 1.45. The summed E-state index contributed by atoms with van der Waals surface area (Å²) in [5, 5.41) is 10.2. The predicted molar refractivity (Wildman–Crippen MR) is 67.3 cm³/mol. The molecule has 1 aliphatic rings. The van der Waals surface area contributed by atoms with Crippen LogP contribution in [0.1, 0.15) is 33.2 Å². The monoisotopic (exact) mass is 254 g/mol. The Bertz CT molecular complexity index is 424. The molecule has 4 nitrogen and oxygen atoms in total. The standard InChI is InChI=1S/C12H18N2O2S/c1-7-11(17-8(2)13-7)12(16)14(3)6-9-4-10(15)5-9/h9-10,15H,4-6H2,1-3H3. The van der Waals surface area contributed by atoms with Gasteiger partial charge in [-0.15, -0.1) is 11.3 Å². The second-order valence-corrected chi connectivity index (χ2v) is 6.03. The maximum absolute atomic E-state index is 12.2. The highest BCUT2D eigenvalue weighted by molar-refractivity contribution is 7.13. The Morgan fingerprint density at radius 2 is 2.18 bits per heavy atom. The Labute approximate surface area is 105 Å². The molecule has 17 heavy (non-hydrogen) atoms. The molecule has 0 unspecified atom stereocenters. The van der Waals surface area contributed by atoms with Gasteiger partial charge in [0.15, 0.2) is 0 Å². The number of carbonyl (C=O) groups excluding carboxylic acids is 1. The van der Waals surface area contributed by atoms with Crippen molar-refractivity contribution in [1.29, 1.82) is 0 Å². The third-order valence-electron chi connectivity index (χ3n) is 3.19. The van der Waals surface area contributed by atoms with Crippen molar-refractivity contribution in [3.63, 3.8) is 0 Å². The summed E-state index contributed by atoms with van der Waals surface area (Å²) in [5.41, 5.74) is 0.818. The van der Waals surface area contributed by atoms with E-state index in [0.29, 0.717) is 5.92 Å². The smallest absolute Gasteiger partial charge is 0.265 e. The van der Waals surface area contributed by atoms with Gasteiger partial charge in [0, 0.05) is 13.6 Å². The van der Waals surface area contributed by atoms with Gasteiger partial charge in [0.2, 0.25) is 0 Å². The molecule has 1 saturated carbocycles. The zero-order valence-corrected chi connectivity index (χ0v) is 11.3. The van der Waals surface area contributed by atoms with Crippen molar-refractivity contribution in [2.45, 2.75) is 32.8 Å². The van der Waals surface area contributed by atoms with E-state index in [9.17, 15) is 9.90 Å². The normalized spacial score (nSPS) is 23.3. The minimum absolute atomic E-state index is 0.0505. The van der Waals surface area contributed by atoms with Crippen molar-refractivity contribution >= 4 is 17.2 Å². The summed E-state index contributed by atoms with van der Waals surface area (Å²) in [6, 6.07) is 0. The van der Waals surface area contributed by atoms with Gasteiger partial charge in [-0.05, 0) is 32.6 Å². The van der Waals surface area contributed by atoms with Crippen molar-refractivity contribution in [3.8, 4) is 0 Å². The first-order valence-corrected chi connectivity index (χ1v) is 6.66. The number of amides is 1. The largest absolute Gasteiger partial charge is 0.393 e. The molecule has 1 heterocycles. The van der Waals surface area contributed by atoms with Gasteiger partial charge in [0.05, 0.1) is 16.8 Å². The number of aliphatic hydroxyl groups excluding tert-OH is 1. The van der Waals surface area contributed by atoms with E-state index in [1.54, 1.807) is 4.90 Å². The highest BCUT2D eigenvalue weighted by Crippen LogP contribution is 2.28. The zero-order chi connectivity index (χ0) is 12.6. The van der Waals surface area contributed by atoms with E-state index in [4.69, 9.17) is 0 Å². The fraction of sp³-hybridized carbons (Fsp3) is 0.667. The average molecular weight is 254 g/mol. The number of hydrogen-bond donors (Lipinski definition) is 1. The fourth-order valence-corrected chi connectivity index (χ4v) is 3.14. The Morgan fingerprint density at radius 1 is 1.53 bits per heavy atom. The quantitative estimate of drug-likeness (QED) is 0.891. The van der Waals surface area contributed by atoms with E-state index in [0.717, 1.165) is 35.0 Å². The number of rotatable bonds is 3. The lowest BCUT2D eigenvalue weighted by molar-refractivity contribution is 0.0266. The van der Waals surface area contributed by atoms with Gasteiger partial charge < -0.3 is 10.0 Å². The first-order valence-electron chi connectivity index (χ1n) is 5.85. The molecule has 1 aliphatic carbocycles. The number of carbonyl (C=O) groups is 1. The average Bonchev–Trinajstić information content (AvgIpc) is 2.54. The highest BCUT2D eigenvalue weighted by Gasteiger charge is 2.30. The third kappa shape index (κ3) is 2.66. The first-order chi connectivity index (χ1) is 7.97. The van der Waals surface area contributed by atoms with Crippen molar-refractivity contribution in [2.24, 2.45) is 5.92 Å². The van der Waals surface area contributed by atoms with Gasteiger partial charge in [-0.1, -0.05) is 0 Å². The summed E-state index contributed by atoms with van der Waals surface area (Å²) in [6.07, 6.45) is 1.48. The molecule has 0 aliphatic heterocycles. The minimum atomic E-state index is -0.157. The van der Waals surface area contributed by atoms with Crippen molar-refractivity contribution < 1.29 is 9.90 Å². The van der Waals surface area contributed by atoms with Crippen LogP contribution in [0.25, 0.3) is 0 Å². The Morgan fingerprint density at radius 3 is 2.65 bits per heavy atom. The number of aromatic nitrogens is 1. The zero-order valence-electron chi connectivity index (χ0n) is 10.4. The molecule has 0 aromatic carbocycles. The van der Waals surface area contributed by atoms with Gasteiger partial charge in [-0.3, -0.25) is 4.79 Å². The second-order valence-electron chi connectivity index (χ2n) is 4.82. The van der Waals surface area contributed by atoms with Crippen LogP contribution in [-0.2, 0) is 0 Å². The molecule has 0 saturated heterocycles. The molecular weight excluding hydrogens is 236 g/mol. The predicted octanol–water partition coefficient (Wildman–Crippen LogP) is 1.60. The SMILES string of the molecule is Cc1nc(C)c(C(=O)N(C)CC2CC(O)C2)s1. The van der Waals surface area contributed by atoms with Crippen molar-refractivity contribution in [3.05, 3.63) is 15.6 Å². The second kappa shape index (κ2) is 4.74. The molecule has 94 valence electrons. The van der Waals surface area contributed by atoms with Crippen LogP contribution >= 0.6 is 11.3 Å². The Kier molecular flexibility index (Phi) is 3.49. The molecule has 0 bridgehead atoms. The van der Waals surface area contributed by atoms with Gasteiger partial charge in [-0.25, -0.2) is 4.98 Å². The van der Waals surface area contributed by atoms with Gasteiger partial charge in [-0.2, -0.15) is 0 Å². The van der Waals surface area contributed by atoms with E-state index in [1.165, 1.54) is 11.3 Å². The molecule has 1 fully saturated rings. The lowest BCUT2D eigenvalue weighted by Crippen LogP contribution is -2.39. The lowest BCUT2D eigenvalue weighted by Gasteiger charge is -2.34. The van der Waals surface area contributed by atoms with Crippen LogP contribution in [0.5, 0.6) is 0 Å². The maximum atomic E-state index is 12.2. The molecule has 0 radical (unpaired) electrons. The van der Waals surface area contributed by atoms with Crippen LogP contribution < -0.4 is 0 Å². The molecule has 1 aromatic rings. The van der Waals surface area contributed by atoms with Crippen molar-refractivity contribution in [1.82, 2.24) is 9.88 Å². The van der Waals surface area contributed by atoms with E-state index in [1.807, 2.05) is 20.9 Å². The van der Waals surface area contributed by atoms with Crippen LogP contribution in [0, 0.1) is 19.8 Å². The van der Waals surface area contributed by atoms with E-state index in [2.05, 4.69) is 4.98 Å². The topological polar surface area (TPSA) is 53.4 Å². The van der Waals surface area contributed by atoms with E-state index in [-0.39, 0.29) is 12.0 Å². The summed E-state index contributed by atoms with van der Waals surface area (Å²) < 4.78 is 0. The highest BCUT2D eigenvalue weighted by atomic mass is 32.1. The number of aliphatic hydroxyl groups is 1. The molecule has 5 heteroatoms. The minimum Gasteiger partial charge on any atom is -0.393 e.